The average molecular weight is 292 g/mol. The van der Waals surface area contributed by atoms with Crippen LogP contribution in [0.2, 0.25) is 5.02 Å². The van der Waals surface area contributed by atoms with Crippen molar-refractivity contribution in [2.45, 2.75) is 26.7 Å². The Balaban J connectivity index is 2.55. The van der Waals surface area contributed by atoms with Gasteiger partial charge in [-0.2, -0.15) is 0 Å². The lowest BCUT2D eigenvalue weighted by atomic mass is 10.1. The van der Waals surface area contributed by atoms with Crippen LogP contribution in [0.4, 0.5) is 0 Å². The summed E-state index contributed by atoms with van der Waals surface area (Å²) in [4.78, 5) is 0. The molecule has 15 heavy (non-hydrogen) atoms. The molecular weight excluding hydrogens is 275 g/mol. The molecule has 0 unspecified atom stereocenters. The minimum atomic E-state index is 0.770. The van der Waals surface area contributed by atoms with Crippen molar-refractivity contribution < 1.29 is 4.74 Å². The van der Waals surface area contributed by atoms with E-state index in [-0.39, 0.29) is 0 Å². The zero-order valence-corrected chi connectivity index (χ0v) is 11.5. The van der Waals surface area contributed by atoms with Crippen molar-refractivity contribution in [1.29, 1.82) is 0 Å². The first-order chi connectivity index (χ1) is 7.15. The Morgan fingerprint density at radius 1 is 1.20 bits per heavy atom. The third kappa shape index (κ3) is 4.04. The highest BCUT2D eigenvalue weighted by Crippen LogP contribution is 2.25. The molecule has 0 heterocycles. The number of aryl methyl sites for hydroxylation is 2. The van der Waals surface area contributed by atoms with Crippen molar-refractivity contribution in [3.8, 4) is 5.75 Å². The van der Waals surface area contributed by atoms with Gasteiger partial charge in [0.1, 0.15) is 5.75 Å². The van der Waals surface area contributed by atoms with E-state index < -0.39 is 0 Å². The first-order valence-electron chi connectivity index (χ1n) is 5.10. The van der Waals surface area contributed by atoms with Crippen LogP contribution in [0.25, 0.3) is 0 Å². The van der Waals surface area contributed by atoms with Crippen LogP contribution >= 0.6 is 27.5 Å². The van der Waals surface area contributed by atoms with Gasteiger partial charge in [0.15, 0.2) is 0 Å². The van der Waals surface area contributed by atoms with Gasteiger partial charge in [0.25, 0.3) is 0 Å². The van der Waals surface area contributed by atoms with Crippen LogP contribution in [-0.2, 0) is 0 Å². The lowest BCUT2D eigenvalue weighted by Crippen LogP contribution is -1.98. The molecule has 3 heteroatoms. The second-order valence-corrected chi connectivity index (χ2v) is 4.79. The molecule has 0 spiro atoms. The first-order valence-corrected chi connectivity index (χ1v) is 6.60. The molecule has 0 aliphatic carbocycles. The van der Waals surface area contributed by atoms with Gasteiger partial charge in [-0.15, -0.1) is 0 Å². The number of hydrogen-bond donors (Lipinski definition) is 0. The predicted molar refractivity (Wildman–Crippen MR) is 69.4 cm³/mol. The van der Waals surface area contributed by atoms with E-state index in [1.807, 2.05) is 26.0 Å². The standard InChI is InChI=1S/C12H16BrClO/c1-9-7-11(8-10(2)12(9)14)15-6-4-3-5-13/h7-8H,3-6H2,1-2H3. The summed E-state index contributed by atoms with van der Waals surface area (Å²) in [7, 11) is 0. The Labute approximate surface area is 105 Å². The molecule has 0 radical (unpaired) electrons. The van der Waals surface area contributed by atoms with Gasteiger partial charge in [-0.05, 0) is 49.9 Å². The molecule has 84 valence electrons. The van der Waals surface area contributed by atoms with Crippen molar-refractivity contribution in [1.82, 2.24) is 0 Å². The quantitative estimate of drug-likeness (QED) is 0.573. The fraction of sp³-hybridized carbons (Fsp3) is 0.500. The van der Waals surface area contributed by atoms with Crippen molar-refractivity contribution in [3.05, 3.63) is 28.3 Å². The minimum Gasteiger partial charge on any atom is -0.494 e. The Bertz CT molecular complexity index is 302. The molecule has 0 N–H and O–H groups in total. The van der Waals surface area contributed by atoms with Gasteiger partial charge in [0.05, 0.1) is 6.61 Å². The van der Waals surface area contributed by atoms with Crippen LogP contribution in [0, 0.1) is 13.8 Å². The fourth-order valence-electron chi connectivity index (χ4n) is 1.38. The number of halogens is 2. The summed E-state index contributed by atoms with van der Waals surface area (Å²) in [6.45, 7) is 4.77. The monoisotopic (exact) mass is 290 g/mol. The molecule has 1 rings (SSSR count). The van der Waals surface area contributed by atoms with E-state index in [0.717, 1.165) is 46.7 Å². The molecule has 0 aromatic heterocycles. The van der Waals surface area contributed by atoms with Gasteiger partial charge < -0.3 is 4.74 Å². The summed E-state index contributed by atoms with van der Waals surface area (Å²) in [6, 6.07) is 3.98. The van der Waals surface area contributed by atoms with Crippen LogP contribution < -0.4 is 4.74 Å². The Hall–Kier alpha value is -0.210. The second-order valence-electron chi connectivity index (χ2n) is 3.62. The molecule has 0 aliphatic heterocycles. The van der Waals surface area contributed by atoms with Crippen LogP contribution in [0.3, 0.4) is 0 Å². The highest BCUT2D eigenvalue weighted by molar-refractivity contribution is 9.09. The van der Waals surface area contributed by atoms with E-state index in [4.69, 9.17) is 16.3 Å². The minimum absolute atomic E-state index is 0.770. The molecule has 0 saturated carbocycles. The van der Waals surface area contributed by atoms with Gasteiger partial charge in [-0.25, -0.2) is 0 Å². The number of ether oxygens (including phenoxy) is 1. The van der Waals surface area contributed by atoms with E-state index in [0.29, 0.717) is 0 Å². The van der Waals surface area contributed by atoms with Crippen molar-refractivity contribution in [2.75, 3.05) is 11.9 Å². The zero-order chi connectivity index (χ0) is 11.3. The van der Waals surface area contributed by atoms with Crippen molar-refractivity contribution in [2.24, 2.45) is 0 Å². The summed E-state index contributed by atoms with van der Waals surface area (Å²) in [6.07, 6.45) is 2.22. The molecule has 1 aromatic carbocycles. The maximum Gasteiger partial charge on any atom is 0.119 e. The van der Waals surface area contributed by atoms with Gasteiger partial charge >= 0.3 is 0 Å². The summed E-state index contributed by atoms with van der Waals surface area (Å²) in [5.41, 5.74) is 2.15. The fourth-order valence-corrected chi connectivity index (χ4v) is 1.88. The number of alkyl halides is 1. The molecule has 0 saturated heterocycles. The highest BCUT2D eigenvalue weighted by atomic mass is 79.9. The van der Waals surface area contributed by atoms with Crippen molar-refractivity contribution >= 4 is 27.5 Å². The van der Waals surface area contributed by atoms with Gasteiger partial charge in [-0.3, -0.25) is 0 Å². The third-order valence-corrected chi connectivity index (χ3v) is 3.36. The topological polar surface area (TPSA) is 9.23 Å². The third-order valence-electron chi connectivity index (χ3n) is 2.21. The molecular formula is C12H16BrClO. The van der Waals surface area contributed by atoms with E-state index in [2.05, 4.69) is 15.9 Å². The van der Waals surface area contributed by atoms with E-state index in [1.54, 1.807) is 0 Å². The average Bonchev–Trinajstić information content (AvgIpc) is 2.21. The van der Waals surface area contributed by atoms with E-state index >= 15 is 0 Å². The summed E-state index contributed by atoms with van der Waals surface area (Å²) in [5, 5.41) is 1.87. The van der Waals surface area contributed by atoms with Gasteiger partial charge in [-0.1, -0.05) is 27.5 Å². The lowest BCUT2D eigenvalue weighted by Gasteiger charge is -2.09. The molecule has 1 aromatic rings. The van der Waals surface area contributed by atoms with Crippen LogP contribution in [0.15, 0.2) is 12.1 Å². The summed E-state index contributed by atoms with van der Waals surface area (Å²) < 4.78 is 5.65. The van der Waals surface area contributed by atoms with Crippen LogP contribution in [-0.4, -0.2) is 11.9 Å². The molecule has 0 atom stereocenters. The van der Waals surface area contributed by atoms with Crippen molar-refractivity contribution in [3.63, 3.8) is 0 Å². The number of hydrogen-bond acceptors (Lipinski definition) is 1. The maximum absolute atomic E-state index is 6.07. The summed E-state index contributed by atoms with van der Waals surface area (Å²) in [5.74, 6) is 0.920. The normalized spacial score (nSPS) is 10.4. The maximum atomic E-state index is 6.07. The predicted octanol–water partition coefficient (Wildman–Crippen LogP) is 4.51. The Kier molecular flexibility index (Phi) is 5.48. The highest BCUT2D eigenvalue weighted by Gasteiger charge is 2.03. The number of benzene rings is 1. The number of unbranched alkanes of at least 4 members (excludes halogenated alkanes) is 1. The van der Waals surface area contributed by atoms with E-state index in [9.17, 15) is 0 Å². The second kappa shape index (κ2) is 6.39. The molecule has 0 aliphatic rings. The van der Waals surface area contributed by atoms with Crippen LogP contribution in [0.1, 0.15) is 24.0 Å². The Morgan fingerprint density at radius 3 is 2.33 bits per heavy atom. The molecule has 0 amide bonds. The zero-order valence-electron chi connectivity index (χ0n) is 9.15. The van der Waals surface area contributed by atoms with E-state index in [1.165, 1.54) is 0 Å². The smallest absolute Gasteiger partial charge is 0.119 e. The van der Waals surface area contributed by atoms with Gasteiger partial charge in [0, 0.05) is 10.4 Å². The SMILES string of the molecule is Cc1cc(OCCCCBr)cc(C)c1Cl. The lowest BCUT2D eigenvalue weighted by molar-refractivity contribution is 0.309. The van der Waals surface area contributed by atoms with Gasteiger partial charge in [0.2, 0.25) is 0 Å². The molecule has 1 nitrogen and oxygen atoms in total. The molecule has 0 fully saturated rings. The Morgan fingerprint density at radius 2 is 1.80 bits per heavy atom. The largest absolute Gasteiger partial charge is 0.494 e. The molecule has 0 bridgehead atoms. The first kappa shape index (κ1) is 12.9. The number of rotatable bonds is 5. The summed E-state index contributed by atoms with van der Waals surface area (Å²) >= 11 is 9.47. The van der Waals surface area contributed by atoms with Crippen LogP contribution in [0.5, 0.6) is 5.75 Å².